The van der Waals surface area contributed by atoms with Gasteiger partial charge >= 0.3 is 0 Å². The van der Waals surface area contributed by atoms with Crippen LogP contribution in [0.3, 0.4) is 0 Å². The molecule has 1 fully saturated rings. The zero-order valence-electron chi connectivity index (χ0n) is 12.7. The molecule has 1 saturated heterocycles. The van der Waals surface area contributed by atoms with Crippen LogP contribution >= 0.6 is 0 Å². The summed E-state index contributed by atoms with van der Waals surface area (Å²) in [6, 6.07) is 7.23. The maximum Gasteiger partial charge on any atom is 0.125 e. The molecular weight excluding hydrogens is 255 g/mol. The van der Waals surface area contributed by atoms with Gasteiger partial charge in [0.2, 0.25) is 0 Å². The summed E-state index contributed by atoms with van der Waals surface area (Å²) < 4.78 is 18.9. The molecular formula is C16H25FN2O. The molecule has 0 spiro atoms. The van der Waals surface area contributed by atoms with Crippen LogP contribution < -0.4 is 10.2 Å². The minimum atomic E-state index is -0.189. The molecule has 0 bridgehead atoms. The Hall–Kier alpha value is -1.13. The number of nitrogens with zero attached hydrogens (tertiary/aromatic N) is 1. The number of hydrogen-bond donors (Lipinski definition) is 1. The number of ether oxygens (including phenoxy) is 1. The lowest BCUT2D eigenvalue weighted by molar-refractivity contribution is 0.151. The van der Waals surface area contributed by atoms with Gasteiger partial charge in [-0.15, -0.1) is 0 Å². The molecule has 1 atom stereocenters. The van der Waals surface area contributed by atoms with Gasteiger partial charge < -0.3 is 15.0 Å². The fourth-order valence-corrected chi connectivity index (χ4v) is 2.70. The van der Waals surface area contributed by atoms with E-state index in [0.29, 0.717) is 6.04 Å². The highest BCUT2D eigenvalue weighted by atomic mass is 19.1. The lowest BCUT2D eigenvalue weighted by atomic mass is 9.86. The highest BCUT2D eigenvalue weighted by molar-refractivity contribution is 5.45. The third-order valence-corrected chi connectivity index (χ3v) is 3.89. The first-order chi connectivity index (χ1) is 9.51. The molecule has 4 heteroatoms. The Labute approximate surface area is 121 Å². The zero-order valence-corrected chi connectivity index (χ0v) is 12.7. The second-order valence-electron chi connectivity index (χ2n) is 6.17. The van der Waals surface area contributed by atoms with Gasteiger partial charge in [0.25, 0.3) is 0 Å². The normalized spacial score (nSPS) is 22.4. The Morgan fingerprint density at radius 1 is 1.45 bits per heavy atom. The van der Waals surface area contributed by atoms with Crippen LogP contribution in [-0.4, -0.2) is 39.4 Å². The molecule has 0 aliphatic carbocycles. The van der Waals surface area contributed by atoms with Crippen molar-refractivity contribution < 1.29 is 9.13 Å². The smallest absolute Gasteiger partial charge is 0.125 e. The standard InChI is InChI=1S/C16H25FN2O/c1-13(2)18-10-16(7-8-20-12-16)11-19(3)15-6-4-5-14(17)9-15/h4-6,9,13,18H,7-8,10-12H2,1-3H3. The van der Waals surface area contributed by atoms with Crippen LogP contribution in [0.15, 0.2) is 24.3 Å². The minimum Gasteiger partial charge on any atom is -0.381 e. The monoisotopic (exact) mass is 280 g/mol. The summed E-state index contributed by atoms with van der Waals surface area (Å²) in [7, 11) is 2.02. The van der Waals surface area contributed by atoms with E-state index in [-0.39, 0.29) is 11.2 Å². The number of anilines is 1. The Morgan fingerprint density at radius 2 is 2.25 bits per heavy atom. The van der Waals surface area contributed by atoms with E-state index >= 15 is 0 Å². The van der Waals surface area contributed by atoms with Gasteiger partial charge in [0.15, 0.2) is 0 Å². The summed E-state index contributed by atoms with van der Waals surface area (Å²) in [6.45, 7) is 7.70. The quantitative estimate of drug-likeness (QED) is 0.867. The molecule has 1 aromatic carbocycles. The molecule has 1 aliphatic rings. The van der Waals surface area contributed by atoms with Crippen LogP contribution in [0, 0.1) is 11.2 Å². The Bertz CT molecular complexity index is 430. The van der Waals surface area contributed by atoms with E-state index < -0.39 is 0 Å². The predicted molar refractivity (Wildman–Crippen MR) is 80.7 cm³/mol. The Balaban J connectivity index is 2.04. The van der Waals surface area contributed by atoms with Gasteiger partial charge in [-0.25, -0.2) is 4.39 Å². The molecule has 0 saturated carbocycles. The molecule has 20 heavy (non-hydrogen) atoms. The summed E-state index contributed by atoms with van der Waals surface area (Å²) in [4.78, 5) is 2.12. The van der Waals surface area contributed by atoms with Crippen LogP contribution in [0.4, 0.5) is 10.1 Å². The summed E-state index contributed by atoms with van der Waals surface area (Å²) in [5.41, 5.74) is 1.03. The summed E-state index contributed by atoms with van der Waals surface area (Å²) in [5.74, 6) is -0.189. The lowest BCUT2D eigenvalue weighted by Gasteiger charge is -2.34. The van der Waals surface area contributed by atoms with E-state index in [1.807, 2.05) is 13.1 Å². The van der Waals surface area contributed by atoms with Gasteiger partial charge in [0, 0.05) is 43.9 Å². The van der Waals surface area contributed by atoms with E-state index in [1.165, 1.54) is 6.07 Å². The van der Waals surface area contributed by atoms with Gasteiger partial charge in [0.1, 0.15) is 5.82 Å². The number of rotatable bonds is 6. The average molecular weight is 280 g/mol. The van der Waals surface area contributed by atoms with Crippen molar-refractivity contribution in [1.29, 1.82) is 0 Å². The van der Waals surface area contributed by atoms with Crippen molar-refractivity contribution in [3.8, 4) is 0 Å². The van der Waals surface area contributed by atoms with Crippen LogP contribution in [0.1, 0.15) is 20.3 Å². The van der Waals surface area contributed by atoms with E-state index in [9.17, 15) is 4.39 Å². The first kappa shape index (κ1) is 15.3. The molecule has 1 aliphatic heterocycles. The Morgan fingerprint density at radius 3 is 2.85 bits per heavy atom. The highest BCUT2D eigenvalue weighted by Crippen LogP contribution is 2.30. The number of nitrogens with one attached hydrogen (secondary N) is 1. The van der Waals surface area contributed by atoms with E-state index in [4.69, 9.17) is 4.74 Å². The molecule has 1 unspecified atom stereocenters. The van der Waals surface area contributed by atoms with Crippen molar-refractivity contribution in [2.75, 3.05) is 38.3 Å². The summed E-state index contributed by atoms with van der Waals surface area (Å²) >= 11 is 0. The second-order valence-corrected chi connectivity index (χ2v) is 6.17. The van der Waals surface area contributed by atoms with Gasteiger partial charge in [-0.2, -0.15) is 0 Å². The van der Waals surface area contributed by atoms with Crippen molar-refractivity contribution in [1.82, 2.24) is 5.32 Å². The van der Waals surface area contributed by atoms with Gasteiger partial charge in [-0.3, -0.25) is 0 Å². The maximum absolute atomic E-state index is 13.3. The molecule has 1 aromatic rings. The second kappa shape index (κ2) is 6.55. The molecule has 112 valence electrons. The van der Waals surface area contributed by atoms with Crippen LogP contribution in [0.5, 0.6) is 0 Å². The third kappa shape index (κ3) is 3.93. The van der Waals surface area contributed by atoms with Crippen molar-refractivity contribution in [3.05, 3.63) is 30.1 Å². The molecule has 0 aromatic heterocycles. The molecule has 1 heterocycles. The van der Waals surface area contributed by atoms with Crippen LogP contribution in [-0.2, 0) is 4.74 Å². The van der Waals surface area contributed by atoms with Gasteiger partial charge in [0.05, 0.1) is 6.61 Å². The Kier molecular flexibility index (Phi) is 5.00. The number of benzene rings is 1. The zero-order chi connectivity index (χ0) is 14.6. The van der Waals surface area contributed by atoms with Crippen molar-refractivity contribution >= 4 is 5.69 Å². The molecule has 1 N–H and O–H groups in total. The van der Waals surface area contributed by atoms with Crippen molar-refractivity contribution in [2.24, 2.45) is 5.41 Å². The molecule has 2 rings (SSSR count). The molecule has 3 nitrogen and oxygen atoms in total. The highest BCUT2D eigenvalue weighted by Gasteiger charge is 2.36. The van der Waals surface area contributed by atoms with Crippen molar-refractivity contribution in [3.63, 3.8) is 0 Å². The summed E-state index contributed by atoms with van der Waals surface area (Å²) in [6.07, 6.45) is 1.05. The minimum absolute atomic E-state index is 0.116. The maximum atomic E-state index is 13.3. The van der Waals surface area contributed by atoms with Crippen LogP contribution in [0.25, 0.3) is 0 Å². The van der Waals surface area contributed by atoms with Crippen LogP contribution in [0.2, 0.25) is 0 Å². The van der Waals surface area contributed by atoms with E-state index in [1.54, 1.807) is 12.1 Å². The number of halogens is 1. The first-order valence-electron chi connectivity index (χ1n) is 7.29. The SMILES string of the molecule is CC(C)NCC1(CN(C)c2cccc(F)c2)CCOC1. The molecule has 0 amide bonds. The largest absolute Gasteiger partial charge is 0.381 e. The average Bonchev–Trinajstić information content (AvgIpc) is 2.85. The van der Waals surface area contributed by atoms with E-state index in [0.717, 1.165) is 38.4 Å². The van der Waals surface area contributed by atoms with Crippen molar-refractivity contribution in [2.45, 2.75) is 26.3 Å². The summed E-state index contributed by atoms with van der Waals surface area (Å²) in [5, 5.41) is 3.52. The molecule has 0 radical (unpaired) electrons. The van der Waals surface area contributed by atoms with Gasteiger partial charge in [-0.05, 0) is 24.6 Å². The predicted octanol–water partition coefficient (Wildman–Crippen LogP) is 2.67. The number of hydrogen-bond acceptors (Lipinski definition) is 3. The van der Waals surface area contributed by atoms with Gasteiger partial charge in [-0.1, -0.05) is 19.9 Å². The fourth-order valence-electron chi connectivity index (χ4n) is 2.70. The first-order valence-corrected chi connectivity index (χ1v) is 7.29. The third-order valence-electron chi connectivity index (χ3n) is 3.89. The topological polar surface area (TPSA) is 24.5 Å². The van der Waals surface area contributed by atoms with E-state index in [2.05, 4.69) is 24.1 Å². The fraction of sp³-hybridized carbons (Fsp3) is 0.625. The lowest BCUT2D eigenvalue weighted by Crippen LogP contribution is -2.45.